The molecule has 0 fully saturated rings. The summed E-state index contributed by atoms with van der Waals surface area (Å²) in [5, 5.41) is 9.63. The van der Waals surface area contributed by atoms with Crippen molar-refractivity contribution >= 4 is 5.97 Å². The average Bonchev–Trinajstić information content (AvgIpc) is 2.68. The number of carbonyl (C=O) groups is 1. The maximum Gasteiger partial charge on any atom is 0.338 e. The minimum absolute atomic E-state index is 0.0264. The van der Waals surface area contributed by atoms with Gasteiger partial charge in [-0.2, -0.15) is 5.26 Å². The lowest BCUT2D eigenvalue weighted by molar-refractivity contribution is -0.139. The summed E-state index contributed by atoms with van der Waals surface area (Å²) in [6, 6.07) is 14.1. The minimum atomic E-state index is -0.684. The van der Waals surface area contributed by atoms with E-state index < -0.39 is 11.9 Å². The molecule has 2 aromatic carbocycles. The monoisotopic (exact) mass is 392 g/mol. The third-order valence-corrected chi connectivity index (χ3v) is 4.84. The summed E-state index contributed by atoms with van der Waals surface area (Å²) in [7, 11) is 0. The second kappa shape index (κ2) is 8.19. The second-order valence-corrected chi connectivity index (χ2v) is 6.70. The number of aryl methyl sites for hydroxylation is 1. The summed E-state index contributed by atoms with van der Waals surface area (Å²) >= 11 is 0. The first-order valence-corrected chi connectivity index (χ1v) is 9.19. The van der Waals surface area contributed by atoms with Gasteiger partial charge >= 0.3 is 5.97 Å². The van der Waals surface area contributed by atoms with E-state index in [-0.39, 0.29) is 29.5 Å². The molecule has 0 bridgehead atoms. The maximum atomic E-state index is 13.4. The highest BCUT2D eigenvalue weighted by atomic mass is 19.1. The molecule has 0 saturated carbocycles. The number of nitrogens with zero attached hydrogens (tertiary/aromatic N) is 1. The van der Waals surface area contributed by atoms with E-state index in [4.69, 9.17) is 15.2 Å². The molecule has 1 unspecified atom stereocenters. The van der Waals surface area contributed by atoms with Crippen molar-refractivity contribution in [1.82, 2.24) is 0 Å². The molecular formula is C23H21FN2O3. The Kier molecular flexibility index (Phi) is 5.69. The van der Waals surface area contributed by atoms with Crippen molar-refractivity contribution in [2.75, 3.05) is 6.61 Å². The van der Waals surface area contributed by atoms with E-state index in [9.17, 15) is 14.4 Å². The SMILES string of the molecule is CCOC(=O)C1=C(C)OC(N)=C(C#N)C1c1ccc(-c2ccc(F)cc2C)cc1. The van der Waals surface area contributed by atoms with Crippen molar-refractivity contribution in [3.63, 3.8) is 0 Å². The van der Waals surface area contributed by atoms with Gasteiger partial charge < -0.3 is 15.2 Å². The lowest BCUT2D eigenvalue weighted by atomic mass is 9.82. The number of nitriles is 1. The molecular weight excluding hydrogens is 371 g/mol. The molecule has 1 heterocycles. The number of esters is 1. The Labute approximate surface area is 168 Å². The van der Waals surface area contributed by atoms with Crippen LogP contribution in [0.25, 0.3) is 11.1 Å². The molecule has 0 spiro atoms. The molecule has 0 amide bonds. The zero-order valence-electron chi connectivity index (χ0n) is 16.5. The van der Waals surface area contributed by atoms with E-state index in [2.05, 4.69) is 6.07 Å². The Balaban J connectivity index is 2.06. The standard InChI is InChI=1S/C23H21FN2O3/c1-4-28-23(27)20-14(3)29-22(26)19(12-25)21(20)16-7-5-15(6-8-16)18-10-9-17(24)11-13(18)2/h5-11,21H,4,26H2,1-3H3. The number of carbonyl (C=O) groups excluding carboxylic acids is 1. The van der Waals surface area contributed by atoms with Gasteiger partial charge in [-0.15, -0.1) is 0 Å². The molecule has 1 atom stereocenters. The fourth-order valence-electron chi connectivity index (χ4n) is 3.49. The zero-order valence-corrected chi connectivity index (χ0v) is 16.5. The third kappa shape index (κ3) is 3.85. The highest BCUT2D eigenvalue weighted by Crippen LogP contribution is 2.40. The van der Waals surface area contributed by atoms with Gasteiger partial charge in [0, 0.05) is 0 Å². The summed E-state index contributed by atoms with van der Waals surface area (Å²) in [5.74, 6) is -1.24. The van der Waals surface area contributed by atoms with Gasteiger partial charge in [-0.1, -0.05) is 30.3 Å². The second-order valence-electron chi connectivity index (χ2n) is 6.70. The van der Waals surface area contributed by atoms with Crippen molar-refractivity contribution < 1.29 is 18.7 Å². The van der Waals surface area contributed by atoms with Crippen LogP contribution in [0.4, 0.5) is 4.39 Å². The van der Waals surface area contributed by atoms with Crippen molar-refractivity contribution in [2.24, 2.45) is 5.73 Å². The van der Waals surface area contributed by atoms with Crippen LogP contribution in [0.5, 0.6) is 0 Å². The Morgan fingerprint density at radius 3 is 2.52 bits per heavy atom. The smallest absolute Gasteiger partial charge is 0.338 e. The van der Waals surface area contributed by atoms with Gasteiger partial charge in [0.1, 0.15) is 23.2 Å². The zero-order chi connectivity index (χ0) is 21.1. The molecule has 0 radical (unpaired) electrons. The van der Waals surface area contributed by atoms with Crippen LogP contribution in [0, 0.1) is 24.1 Å². The van der Waals surface area contributed by atoms with Crippen LogP contribution in [-0.4, -0.2) is 12.6 Å². The minimum Gasteiger partial charge on any atom is -0.463 e. The number of hydrogen-bond donors (Lipinski definition) is 1. The van der Waals surface area contributed by atoms with E-state index in [1.807, 2.05) is 31.2 Å². The molecule has 3 rings (SSSR count). The van der Waals surface area contributed by atoms with Gasteiger partial charge in [0.15, 0.2) is 0 Å². The molecule has 29 heavy (non-hydrogen) atoms. The van der Waals surface area contributed by atoms with E-state index in [1.54, 1.807) is 19.9 Å². The molecule has 1 aliphatic heterocycles. The van der Waals surface area contributed by atoms with Crippen molar-refractivity contribution in [1.29, 1.82) is 5.26 Å². The first-order valence-electron chi connectivity index (χ1n) is 9.19. The average molecular weight is 392 g/mol. The first kappa shape index (κ1) is 20.2. The van der Waals surface area contributed by atoms with Gasteiger partial charge in [-0.25, -0.2) is 9.18 Å². The Morgan fingerprint density at radius 2 is 1.93 bits per heavy atom. The largest absolute Gasteiger partial charge is 0.463 e. The maximum absolute atomic E-state index is 13.4. The number of halogens is 1. The van der Waals surface area contributed by atoms with E-state index >= 15 is 0 Å². The fourth-order valence-corrected chi connectivity index (χ4v) is 3.49. The van der Waals surface area contributed by atoms with Crippen LogP contribution in [0.15, 0.2) is 65.3 Å². The number of allylic oxidation sites excluding steroid dienone is 2. The molecule has 0 aliphatic carbocycles. The highest BCUT2D eigenvalue weighted by Gasteiger charge is 2.36. The third-order valence-electron chi connectivity index (χ3n) is 4.84. The van der Waals surface area contributed by atoms with Crippen molar-refractivity contribution in [2.45, 2.75) is 26.7 Å². The van der Waals surface area contributed by atoms with Crippen LogP contribution < -0.4 is 5.73 Å². The van der Waals surface area contributed by atoms with E-state index in [0.717, 1.165) is 16.7 Å². The highest BCUT2D eigenvalue weighted by molar-refractivity contribution is 5.92. The first-order chi connectivity index (χ1) is 13.9. The van der Waals surface area contributed by atoms with Crippen LogP contribution in [0.2, 0.25) is 0 Å². The Hall–Kier alpha value is -3.59. The number of benzene rings is 2. The molecule has 2 aromatic rings. The number of hydrogen-bond acceptors (Lipinski definition) is 5. The predicted octanol–water partition coefficient (Wildman–Crippen LogP) is 4.45. The molecule has 0 aromatic heterocycles. The van der Waals surface area contributed by atoms with Crippen molar-refractivity contribution in [3.05, 3.63) is 82.2 Å². The molecule has 148 valence electrons. The molecule has 1 aliphatic rings. The van der Waals surface area contributed by atoms with Crippen LogP contribution in [0.3, 0.4) is 0 Å². The number of rotatable bonds is 4. The summed E-state index contributed by atoms with van der Waals surface area (Å²) < 4.78 is 24.0. The van der Waals surface area contributed by atoms with Gasteiger partial charge in [-0.3, -0.25) is 0 Å². The van der Waals surface area contributed by atoms with Crippen LogP contribution in [-0.2, 0) is 14.3 Å². The van der Waals surface area contributed by atoms with Crippen LogP contribution >= 0.6 is 0 Å². The predicted molar refractivity (Wildman–Crippen MR) is 107 cm³/mol. The van der Waals surface area contributed by atoms with E-state index in [0.29, 0.717) is 11.3 Å². The van der Waals surface area contributed by atoms with E-state index in [1.165, 1.54) is 12.1 Å². The molecule has 2 N–H and O–H groups in total. The Morgan fingerprint density at radius 1 is 1.24 bits per heavy atom. The summed E-state index contributed by atoms with van der Waals surface area (Å²) in [5.41, 5.74) is 9.64. The molecule has 6 heteroatoms. The topological polar surface area (TPSA) is 85.3 Å². The lowest BCUT2D eigenvalue weighted by Gasteiger charge is -2.27. The van der Waals surface area contributed by atoms with Gasteiger partial charge in [-0.05, 0) is 55.2 Å². The lowest BCUT2D eigenvalue weighted by Crippen LogP contribution is -2.25. The number of nitrogens with two attached hydrogens (primary N) is 1. The van der Waals surface area contributed by atoms with Crippen LogP contribution in [0.1, 0.15) is 30.9 Å². The fraction of sp³-hybridized carbons (Fsp3) is 0.217. The summed E-state index contributed by atoms with van der Waals surface area (Å²) in [4.78, 5) is 12.6. The quantitative estimate of drug-likeness (QED) is 0.777. The van der Waals surface area contributed by atoms with Crippen molar-refractivity contribution in [3.8, 4) is 17.2 Å². The summed E-state index contributed by atoms with van der Waals surface area (Å²) in [6.07, 6.45) is 0. The molecule has 5 nitrogen and oxygen atoms in total. The molecule has 0 saturated heterocycles. The van der Waals surface area contributed by atoms with Gasteiger partial charge in [0.2, 0.25) is 5.88 Å². The summed E-state index contributed by atoms with van der Waals surface area (Å²) in [6.45, 7) is 5.37. The normalized spacial score (nSPS) is 16.3. The van der Waals surface area contributed by atoms with Gasteiger partial charge in [0.05, 0.1) is 18.1 Å². The van der Waals surface area contributed by atoms with Gasteiger partial charge in [0.25, 0.3) is 0 Å². The Bertz CT molecular complexity index is 1060. The number of ether oxygens (including phenoxy) is 2.